The van der Waals surface area contributed by atoms with E-state index in [1.54, 1.807) is 0 Å². The fraction of sp³-hybridized carbons (Fsp3) is 0.435. The molecule has 2 aromatic carbocycles. The lowest BCUT2D eigenvalue weighted by molar-refractivity contribution is 0.198. The summed E-state index contributed by atoms with van der Waals surface area (Å²) in [6.07, 6.45) is 4.57. The van der Waals surface area contributed by atoms with Crippen LogP contribution in [0.5, 0.6) is 0 Å². The number of anilines is 2. The number of benzene rings is 2. The van der Waals surface area contributed by atoms with Gasteiger partial charge in [0.15, 0.2) is 0 Å². The lowest BCUT2D eigenvalue weighted by Crippen LogP contribution is -2.32. The van der Waals surface area contributed by atoms with Crippen LogP contribution in [0.15, 0.2) is 36.4 Å². The molecule has 1 aliphatic carbocycles. The van der Waals surface area contributed by atoms with Gasteiger partial charge in [0.25, 0.3) is 0 Å². The number of nitrogens with zero attached hydrogens (tertiary/aromatic N) is 2. The van der Waals surface area contributed by atoms with Crippen molar-refractivity contribution in [2.45, 2.75) is 32.2 Å². The number of hydrogen-bond donors (Lipinski definition) is 2. The van der Waals surface area contributed by atoms with Gasteiger partial charge in [-0.05, 0) is 61.9 Å². The number of nitrogen functional groups attached to an aromatic ring is 1. The molecule has 28 heavy (non-hydrogen) atoms. The van der Waals surface area contributed by atoms with Crippen LogP contribution in [0.25, 0.3) is 11.1 Å². The molecule has 146 valence electrons. The molecule has 1 heterocycles. The van der Waals surface area contributed by atoms with Gasteiger partial charge in [-0.25, -0.2) is 0 Å². The molecule has 0 unspecified atom stereocenters. The van der Waals surface area contributed by atoms with Crippen LogP contribution in [0.3, 0.4) is 0 Å². The summed E-state index contributed by atoms with van der Waals surface area (Å²) in [5.41, 5.74) is 11.2. The Kier molecular flexibility index (Phi) is 5.75. The van der Waals surface area contributed by atoms with Crippen LogP contribution in [0, 0.1) is 23.2 Å². The van der Waals surface area contributed by atoms with Gasteiger partial charge in [-0.1, -0.05) is 41.9 Å². The van der Waals surface area contributed by atoms with Crippen molar-refractivity contribution < 1.29 is 0 Å². The summed E-state index contributed by atoms with van der Waals surface area (Å²) in [6.45, 7) is 3.90. The average Bonchev–Trinajstić information content (AvgIpc) is 3.55. The Morgan fingerprint density at radius 3 is 2.43 bits per heavy atom. The monoisotopic (exact) mass is 394 g/mol. The molecule has 1 saturated heterocycles. The van der Waals surface area contributed by atoms with Crippen molar-refractivity contribution >= 4 is 23.0 Å². The summed E-state index contributed by atoms with van der Waals surface area (Å²) in [4.78, 5) is 2.42. The third-order valence-corrected chi connectivity index (χ3v) is 6.31. The number of piperidine rings is 1. The van der Waals surface area contributed by atoms with Gasteiger partial charge in [0, 0.05) is 24.6 Å². The third kappa shape index (κ3) is 4.43. The molecule has 2 fully saturated rings. The average molecular weight is 395 g/mol. The molecule has 4 rings (SSSR count). The van der Waals surface area contributed by atoms with Crippen LogP contribution < -0.4 is 11.1 Å². The summed E-state index contributed by atoms with van der Waals surface area (Å²) in [7, 11) is 0. The number of likely N-dealkylation sites (tertiary alicyclic amines) is 1. The molecule has 5 heteroatoms. The molecular formula is C23H27ClN4. The Bertz CT molecular complexity index is 859. The number of nitrogens with one attached hydrogen (secondary N) is 1. The van der Waals surface area contributed by atoms with E-state index in [9.17, 15) is 0 Å². The topological polar surface area (TPSA) is 65.1 Å². The zero-order valence-electron chi connectivity index (χ0n) is 16.1. The normalized spacial score (nSPS) is 18.0. The molecule has 0 atom stereocenters. The summed E-state index contributed by atoms with van der Waals surface area (Å²) in [5, 5.41) is 13.1. The largest absolute Gasteiger partial charge is 0.396 e. The highest BCUT2D eigenvalue weighted by Crippen LogP contribution is 2.38. The number of nitriles is 1. The molecule has 4 nitrogen and oxygen atoms in total. The Balaban J connectivity index is 1.42. The molecule has 1 aliphatic heterocycles. The van der Waals surface area contributed by atoms with Crippen molar-refractivity contribution in [3.8, 4) is 17.2 Å². The van der Waals surface area contributed by atoms with E-state index in [0.29, 0.717) is 10.7 Å². The fourth-order valence-corrected chi connectivity index (χ4v) is 4.09. The van der Waals surface area contributed by atoms with Crippen LogP contribution in [-0.2, 0) is 6.54 Å². The first-order valence-corrected chi connectivity index (χ1v) is 10.5. The number of hydrogen-bond acceptors (Lipinski definition) is 4. The highest BCUT2D eigenvalue weighted by atomic mass is 35.5. The minimum atomic E-state index is 0.230. The molecule has 2 aliphatic rings. The molecule has 3 N–H and O–H groups in total. The summed E-state index contributed by atoms with van der Waals surface area (Å²) in [5.74, 6) is 1.02. The Labute approximate surface area is 172 Å². The lowest BCUT2D eigenvalue weighted by Gasteiger charge is -2.29. The second-order valence-corrected chi connectivity index (χ2v) is 8.47. The minimum Gasteiger partial charge on any atom is -0.396 e. The van der Waals surface area contributed by atoms with E-state index in [1.165, 1.54) is 18.4 Å². The summed E-state index contributed by atoms with van der Waals surface area (Å²) < 4.78 is 0. The van der Waals surface area contributed by atoms with E-state index < -0.39 is 0 Å². The van der Waals surface area contributed by atoms with Crippen LogP contribution in [0.4, 0.5) is 11.4 Å². The van der Waals surface area contributed by atoms with E-state index in [0.717, 1.165) is 61.8 Å². The van der Waals surface area contributed by atoms with Gasteiger partial charge in [-0.3, -0.25) is 4.90 Å². The second-order valence-electron chi connectivity index (χ2n) is 8.09. The van der Waals surface area contributed by atoms with Crippen LogP contribution in [0.1, 0.15) is 31.2 Å². The van der Waals surface area contributed by atoms with Crippen molar-refractivity contribution in [2.24, 2.45) is 11.8 Å². The first-order valence-electron chi connectivity index (χ1n) is 10.2. The van der Waals surface area contributed by atoms with Gasteiger partial charge >= 0.3 is 0 Å². The predicted octanol–water partition coefficient (Wildman–Crippen LogP) is 5.15. The number of nitrogens with two attached hydrogens (primary N) is 1. The van der Waals surface area contributed by atoms with Crippen LogP contribution >= 0.6 is 11.6 Å². The minimum absolute atomic E-state index is 0.230. The van der Waals surface area contributed by atoms with E-state index in [1.807, 2.05) is 6.07 Å². The lowest BCUT2D eigenvalue weighted by atomic mass is 9.98. The molecule has 0 aromatic heterocycles. The number of halogens is 1. The zero-order chi connectivity index (χ0) is 19.5. The SMILES string of the molecule is N#CC1CCN(Cc2ccc(-c3ccc(NCC4CC4)c(N)c3Cl)cc2)CC1. The van der Waals surface area contributed by atoms with Crippen molar-refractivity contribution in [1.82, 2.24) is 4.90 Å². The maximum atomic E-state index is 9.03. The standard InChI is InChI=1S/C23H27ClN4/c24-22-20(7-8-21(23(22)26)27-14-17-1-2-17)19-5-3-18(4-6-19)15-28-11-9-16(13-25)10-12-28/h3-8,16-17,27H,1-2,9-12,14-15,26H2. The molecule has 0 bridgehead atoms. The predicted molar refractivity (Wildman–Crippen MR) is 116 cm³/mol. The zero-order valence-corrected chi connectivity index (χ0v) is 16.9. The van der Waals surface area contributed by atoms with Crippen LogP contribution in [0.2, 0.25) is 5.02 Å². The Hall–Kier alpha value is -2.22. The molecule has 2 aromatic rings. The molecule has 0 radical (unpaired) electrons. The fourth-order valence-electron chi connectivity index (χ4n) is 3.81. The van der Waals surface area contributed by atoms with E-state index in [4.69, 9.17) is 22.6 Å². The van der Waals surface area contributed by atoms with Gasteiger partial charge in [0.05, 0.1) is 22.5 Å². The smallest absolute Gasteiger partial charge is 0.0745 e. The quantitative estimate of drug-likeness (QED) is 0.665. The second kappa shape index (κ2) is 8.43. The summed E-state index contributed by atoms with van der Waals surface area (Å²) >= 11 is 6.59. The van der Waals surface area contributed by atoms with Crippen LogP contribution in [-0.4, -0.2) is 24.5 Å². The highest BCUT2D eigenvalue weighted by Gasteiger charge is 2.21. The third-order valence-electron chi connectivity index (χ3n) is 5.90. The van der Waals surface area contributed by atoms with Crippen molar-refractivity contribution in [1.29, 1.82) is 5.26 Å². The highest BCUT2D eigenvalue weighted by molar-refractivity contribution is 6.36. The van der Waals surface area contributed by atoms with Crippen molar-refractivity contribution in [2.75, 3.05) is 30.7 Å². The Morgan fingerprint density at radius 1 is 1.07 bits per heavy atom. The first-order chi connectivity index (χ1) is 13.6. The Morgan fingerprint density at radius 2 is 1.79 bits per heavy atom. The van der Waals surface area contributed by atoms with Crippen molar-refractivity contribution in [3.05, 3.63) is 47.0 Å². The van der Waals surface area contributed by atoms with Crippen molar-refractivity contribution in [3.63, 3.8) is 0 Å². The van der Waals surface area contributed by atoms with Gasteiger partial charge < -0.3 is 11.1 Å². The molecule has 0 amide bonds. The molecular weight excluding hydrogens is 368 g/mol. The number of rotatable bonds is 6. The maximum Gasteiger partial charge on any atom is 0.0745 e. The van der Waals surface area contributed by atoms with E-state index >= 15 is 0 Å². The van der Waals surface area contributed by atoms with E-state index in [2.05, 4.69) is 46.6 Å². The van der Waals surface area contributed by atoms with Gasteiger partial charge in [0.2, 0.25) is 0 Å². The molecule has 0 spiro atoms. The molecule has 1 saturated carbocycles. The first kappa shape index (κ1) is 19.1. The van der Waals surface area contributed by atoms with Gasteiger partial charge in [-0.2, -0.15) is 5.26 Å². The van der Waals surface area contributed by atoms with Gasteiger partial charge in [-0.15, -0.1) is 0 Å². The van der Waals surface area contributed by atoms with Gasteiger partial charge in [0.1, 0.15) is 0 Å². The summed E-state index contributed by atoms with van der Waals surface area (Å²) in [6, 6.07) is 15.0. The maximum absolute atomic E-state index is 9.03. The van der Waals surface area contributed by atoms with E-state index in [-0.39, 0.29) is 5.92 Å².